The predicted molar refractivity (Wildman–Crippen MR) is 97.2 cm³/mol. The van der Waals surface area contributed by atoms with Crippen LogP contribution in [-0.4, -0.2) is 25.1 Å². The van der Waals surface area contributed by atoms with Gasteiger partial charge in [0.25, 0.3) is 0 Å². The quantitative estimate of drug-likeness (QED) is 0.509. The van der Waals surface area contributed by atoms with E-state index in [4.69, 9.17) is 9.98 Å². The van der Waals surface area contributed by atoms with Crippen LogP contribution in [0.2, 0.25) is 0 Å². The number of pyridine rings is 1. The summed E-state index contributed by atoms with van der Waals surface area (Å²) in [6.45, 7) is 2.31. The van der Waals surface area contributed by atoms with Gasteiger partial charge in [0, 0.05) is 27.5 Å². The number of anilines is 1. The number of hydrogen-bond acceptors (Lipinski definition) is 3. The molecule has 0 fully saturated rings. The van der Waals surface area contributed by atoms with Crippen molar-refractivity contribution in [3.63, 3.8) is 0 Å². The summed E-state index contributed by atoms with van der Waals surface area (Å²) in [6.07, 6.45) is 2.24. The standard InChI is InChI=1S/C19H12N3Si/c1-19-14-8-9-23-18(19)22-13-7-3-5-11-16(13)17(19)15-10(20-11)4-2-6-12(15)21-14/h2-9,21H,1H3. The molecule has 107 valence electrons. The lowest BCUT2D eigenvalue weighted by Gasteiger charge is -2.43. The molecule has 0 aliphatic carbocycles. The Labute approximate surface area is 135 Å². The van der Waals surface area contributed by atoms with Gasteiger partial charge in [-0.15, -0.1) is 0 Å². The fourth-order valence-corrected chi connectivity index (χ4v) is 5.34. The first-order valence-corrected chi connectivity index (χ1v) is 8.87. The van der Waals surface area contributed by atoms with E-state index in [1.54, 1.807) is 0 Å². The van der Waals surface area contributed by atoms with E-state index in [0.717, 1.165) is 22.4 Å². The second-order valence-electron chi connectivity index (χ2n) is 6.46. The first-order chi connectivity index (χ1) is 11.3. The molecule has 4 heterocycles. The smallest absolute Gasteiger partial charge is 0.0817 e. The summed E-state index contributed by atoms with van der Waals surface area (Å²) in [7, 11) is 0.634. The third-order valence-corrected chi connectivity index (χ3v) is 6.51. The van der Waals surface area contributed by atoms with Crippen LogP contribution in [0.4, 0.5) is 11.4 Å². The van der Waals surface area contributed by atoms with Gasteiger partial charge < -0.3 is 5.32 Å². The van der Waals surface area contributed by atoms with E-state index < -0.39 is 0 Å². The number of aromatic nitrogens is 1. The van der Waals surface area contributed by atoms with Gasteiger partial charge in [-0.1, -0.05) is 17.8 Å². The van der Waals surface area contributed by atoms with Crippen molar-refractivity contribution in [2.75, 3.05) is 5.32 Å². The number of hydrogen-bond donors (Lipinski definition) is 1. The zero-order valence-electron chi connectivity index (χ0n) is 12.5. The Bertz CT molecular complexity index is 1160. The first-order valence-electron chi connectivity index (χ1n) is 7.79. The number of aliphatic imine (C=N–C) groups is 1. The number of nitrogens with zero attached hydrogens (tertiary/aromatic N) is 2. The second kappa shape index (κ2) is 3.66. The predicted octanol–water partition coefficient (Wildman–Crippen LogP) is 3.52. The minimum absolute atomic E-state index is 0.157. The van der Waals surface area contributed by atoms with Crippen molar-refractivity contribution in [1.29, 1.82) is 0 Å². The Kier molecular flexibility index (Phi) is 1.89. The van der Waals surface area contributed by atoms with Crippen molar-refractivity contribution in [2.24, 2.45) is 4.99 Å². The van der Waals surface area contributed by atoms with Crippen LogP contribution >= 0.6 is 0 Å². The van der Waals surface area contributed by atoms with Gasteiger partial charge in [0.2, 0.25) is 0 Å². The van der Waals surface area contributed by atoms with E-state index in [1.165, 1.54) is 27.4 Å². The molecule has 2 aromatic carbocycles. The van der Waals surface area contributed by atoms with Gasteiger partial charge in [-0.05, 0) is 42.8 Å². The lowest BCUT2D eigenvalue weighted by Crippen LogP contribution is -2.45. The van der Waals surface area contributed by atoms with Crippen LogP contribution in [0, 0.1) is 0 Å². The molecular formula is C19H12N3Si. The molecule has 0 amide bonds. The Morgan fingerprint density at radius 3 is 2.78 bits per heavy atom. The van der Waals surface area contributed by atoms with Crippen molar-refractivity contribution in [1.82, 2.24) is 4.98 Å². The van der Waals surface area contributed by atoms with Crippen molar-refractivity contribution < 1.29 is 0 Å². The van der Waals surface area contributed by atoms with Gasteiger partial charge in [-0.3, -0.25) is 4.99 Å². The molecule has 3 aliphatic rings. The van der Waals surface area contributed by atoms with Crippen LogP contribution in [0.1, 0.15) is 12.5 Å². The molecule has 1 atom stereocenters. The van der Waals surface area contributed by atoms with Crippen LogP contribution in [0.3, 0.4) is 0 Å². The highest BCUT2D eigenvalue weighted by Gasteiger charge is 2.45. The maximum absolute atomic E-state index is 5.02. The molecule has 1 aromatic heterocycles. The van der Waals surface area contributed by atoms with Gasteiger partial charge in [0.05, 0.1) is 31.3 Å². The van der Waals surface area contributed by atoms with Crippen LogP contribution in [-0.2, 0) is 5.41 Å². The highest BCUT2D eigenvalue weighted by molar-refractivity contribution is 6.83. The Morgan fingerprint density at radius 1 is 1.04 bits per heavy atom. The Morgan fingerprint density at radius 2 is 1.87 bits per heavy atom. The fourth-order valence-electron chi connectivity index (χ4n) is 4.20. The summed E-state index contributed by atoms with van der Waals surface area (Å²) in [5, 5.41) is 7.37. The Balaban J connectivity index is 1.99. The first kappa shape index (κ1) is 11.9. The van der Waals surface area contributed by atoms with E-state index >= 15 is 0 Å². The molecule has 0 spiro atoms. The van der Waals surface area contributed by atoms with Crippen molar-refractivity contribution in [3.8, 4) is 0 Å². The largest absolute Gasteiger partial charge is 0.357 e. The van der Waals surface area contributed by atoms with Crippen molar-refractivity contribution >= 4 is 53.3 Å². The number of nitrogens with one attached hydrogen (secondary N) is 1. The summed E-state index contributed by atoms with van der Waals surface area (Å²) in [5.41, 5.74) is 9.04. The van der Waals surface area contributed by atoms with Gasteiger partial charge in [-0.25, -0.2) is 4.98 Å². The zero-order chi connectivity index (χ0) is 15.2. The SMILES string of the molecule is CC12C3=CC=[Si]C1=Nc1cccc4nc5cccc(c5c2c14)N3. The van der Waals surface area contributed by atoms with Crippen molar-refractivity contribution in [2.45, 2.75) is 12.3 Å². The molecule has 3 aromatic rings. The molecule has 3 aliphatic heterocycles. The zero-order valence-corrected chi connectivity index (χ0v) is 13.5. The Hall–Kier alpha value is -2.59. The second-order valence-corrected chi connectivity index (χ2v) is 7.56. The minimum Gasteiger partial charge on any atom is -0.357 e. The van der Waals surface area contributed by atoms with Gasteiger partial charge >= 0.3 is 0 Å². The molecule has 1 radical (unpaired) electrons. The molecule has 1 N–H and O–H groups in total. The molecule has 0 saturated heterocycles. The molecule has 3 nitrogen and oxygen atoms in total. The normalized spacial score (nSPS) is 23.0. The molecule has 0 saturated carbocycles. The average Bonchev–Trinajstić information content (AvgIpc) is 2.56. The van der Waals surface area contributed by atoms with E-state index in [0.29, 0.717) is 9.13 Å². The highest BCUT2D eigenvalue weighted by Crippen LogP contribution is 2.52. The number of allylic oxidation sites excluding steroid dienone is 2. The van der Waals surface area contributed by atoms with E-state index in [2.05, 4.69) is 60.4 Å². The summed E-state index contributed by atoms with van der Waals surface area (Å²) in [6, 6.07) is 12.6. The summed E-state index contributed by atoms with van der Waals surface area (Å²) in [5.74, 6) is 0. The molecule has 4 heteroatoms. The maximum Gasteiger partial charge on any atom is 0.0817 e. The summed E-state index contributed by atoms with van der Waals surface area (Å²) >= 11 is 0. The third kappa shape index (κ3) is 1.22. The molecular weight excluding hydrogens is 298 g/mol. The van der Waals surface area contributed by atoms with E-state index in [1.807, 2.05) is 0 Å². The van der Waals surface area contributed by atoms with Crippen LogP contribution < -0.4 is 5.32 Å². The number of benzene rings is 2. The van der Waals surface area contributed by atoms with Crippen LogP contribution in [0.5, 0.6) is 0 Å². The lowest BCUT2D eigenvalue weighted by atomic mass is 9.72. The molecule has 0 bridgehead atoms. The van der Waals surface area contributed by atoms with Crippen molar-refractivity contribution in [3.05, 3.63) is 53.7 Å². The summed E-state index contributed by atoms with van der Waals surface area (Å²) in [4.78, 5) is 9.92. The highest BCUT2D eigenvalue weighted by atomic mass is 28.2. The maximum atomic E-state index is 5.02. The van der Waals surface area contributed by atoms with Gasteiger partial charge in [-0.2, -0.15) is 0 Å². The minimum atomic E-state index is -0.157. The third-order valence-electron chi connectivity index (χ3n) is 5.29. The van der Waals surface area contributed by atoms with Gasteiger partial charge in [0.15, 0.2) is 0 Å². The van der Waals surface area contributed by atoms with Gasteiger partial charge in [0.1, 0.15) is 0 Å². The lowest BCUT2D eigenvalue weighted by molar-refractivity contribution is 0.767. The molecule has 6 rings (SSSR count). The van der Waals surface area contributed by atoms with E-state index in [-0.39, 0.29) is 5.41 Å². The fraction of sp³-hybridized carbons (Fsp3) is 0.105. The average molecular weight is 310 g/mol. The summed E-state index contributed by atoms with van der Waals surface area (Å²) < 4.78 is 0. The van der Waals surface area contributed by atoms with Crippen LogP contribution in [0.25, 0.3) is 21.8 Å². The topological polar surface area (TPSA) is 37.3 Å². The molecule has 1 unspecified atom stereocenters. The van der Waals surface area contributed by atoms with E-state index in [9.17, 15) is 0 Å². The monoisotopic (exact) mass is 310 g/mol. The number of rotatable bonds is 0. The molecule has 23 heavy (non-hydrogen) atoms. The van der Waals surface area contributed by atoms with Crippen LogP contribution in [0.15, 0.2) is 53.2 Å².